The SMILES string of the molecule is O=C1C=C[C@H](O)C2C1CC13SSC4(CC5C([C@@H](O)C=C[C@@H]5O)N4C1=O)C(=O)N23. The quantitative estimate of drug-likeness (QED) is 0.337. The van der Waals surface area contributed by atoms with Crippen molar-refractivity contribution in [2.75, 3.05) is 0 Å². The molecule has 5 saturated heterocycles. The molecule has 0 aromatic carbocycles. The Kier molecular flexibility index (Phi) is 3.27. The van der Waals surface area contributed by atoms with Crippen LogP contribution in [-0.2, 0) is 14.4 Å². The summed E-state index contributed by atoms with van der Waals surface area (Å²) in [5.74, 6) is -1.85. The number of hydrogen-bond acceptors (Lipinski definition) is 8. The lowest BCUT2D eigenvalue weighted by molar-refractivity contribution is -0.169. The highest BCUT2D eigenvalue weighted by molar-refractivity contribution is 8.78. The van der Waals surface area contributed by atoms with E-state index in [-0.39, 0.29) is 30.4 Å². The first kappa shape index (κ1) is 17.5. The second-order valence-corrected chi connectivity index (χ2v) is 11.0. The smallest absolute Gasteiger partial charge is 0.261 e. The second-order valence-electron chi connectivity index (χ2n) is 8.36. The summed E-state index contributed by atoms with van der Waals surface area (Å²) in [5, 5.41) is 31.5. The predicted molar refractivity (Wildman–Crippen MR) is 99.4 cm³/mol. The van der Waals surface area contributed by atoms with Crippen LogP contribution in [0.5, 0.6) is 0 Å². The lowest BCUT2D eigenvalue weighted by atomic mass is 9.84. The minimum absolute atomic E-state index is 0.151. The van der Waals surface area contributed by atoms with Crippen molar-refractivity contribution < 1.29 is 29.7 Å². The number of carbonyl (C=O) groups is 3. The van der Waals surface area contributed by atoms with E-state index >= 15 is 0 Å². The molecule has 148 valence electrons. The summed E-state index contributed by atoms with van der Waals surface area (Å²) in [6.45, 7) is 0. The Balaban J connectivity index is 1.51. The first-order chi connectivity index (χ1) is 13.3. The Morgan fingerprint density at radius 2 is 1.39 bits per heavy atom. The number of piperazine rings is 1. The molecule has 2 bridgehead atoms. The van der Waals surface area contributed by atoms with Gasteiger partial charge in [-0.25, -0.2) is 0 Å². The van der Waals surface area contributed by atoms with Gasteiger partial charge in [0.1, 0.15) is 0 Å². The monoisotopic (exact) mass is 422 g/mol. The molecule has 28 heavy (non-hydrogen) atoms. The van der Waals surface area contributed by atoms with Crippen LogP contribution in [0.4, 0.5) is 0 Å². The molecular weight excluding hydrogens is 404 g/mol. The van der Waals surface area contributed by atoms with Gasteiger partial charge in [-0.1, -0.05) is 39.8 Å². The highest BCUT2D eigenvalue weighted by Crippen LogP contribution is 2.69. The maximum atomic E-state index is 13.7. The second kappa shape index (κ2) is 5.23. The molecule has 0 radical (unpaired) electrons. The number of aliphatic hydroxyl groups excluding tert-OH is 3. The van der Waals surface area contributed by atoms with Gasteiger partial charge in [-0.2, -0.15) is 0 Å². The molecule has 9 atom stereocenters. The fraction of sp³-hybridized carbons (Fsp3) is 0.611. The minimum atomic E-state index is -1.26. The number of amides is 2. The molecule has 3 N–H and O–H groups in total. The van der Waals surface area contributed by atoms with Gasteiger partial charge in [-0.05, 0) is 12.5 Å². The molecule has 10 heteroatoms. The third-order valence-corrected chi connectivity index (χ3v) is 10.7. The fourth-order valence-electron chi connectivity index (χ4n) is 5.93. The molecule has 8 nitrogen and oxygen atoms in total. The third kappa shape index (κ3) is 1.72. The molecule has 0 aromatic heterocycles. The minimum Gasteiger partial charge on any atom is -0.389 e. The van der Waals surface area contributed by atoms with Gasteiger partial charge < -0.3 is 25.1 Å². The summed E-state index contributed by atoms with van der Waals surface area (Å²) < 4.78 is 0. The summed E-state index contributed by atoms with van der Waals surface area (Å²) in [6, 6.07) is -1.43. The van der Waals surface area contributed by atoms with Crippen LogP contribution in [0.2, 0.25) is 0 Å². The van der Waals surface area contributed by atoms with Gasteiger partial charge in [0, 0.05) is 18.3 Å². The number of nitrogens with zero attached hydrogens (tertiary/aromatic N) is 2. The van der Waals surface area contributed by atoms with E-state index in [1.165, 1.54) is 55.7 Å². The Morgan fingerprint density at radius 1 is 0.821 bits per heavy atom. The van der Waals surface area contributed by atoms with E-state index in [0.29, 0.717) is 0 Å². The van der Waals surface area contributed by atoms with Gasteiger partial charge in [0.2, 0.25) is 0 Å². The summed E-state index contributed by atoms with van der Waals surface area (Å²) >= 11 is 0. The van der Waals surface area contributed by atoms with Crippen molar-refractivity contribution in [3.63, 3.8) is 0 Å². The van der Waals surface area contributed by atoms with Gasteiger partial charge in [0.15, 0.2) is 15.5 Å². The van der Waals surface area contributed by atoms with E-state index in [9.17, 15) is 29.7 Å². The summed E-state index contributed by atoms with van der Waals surface area (Å²) in [7, 11) is 2.58. The Labute approximate surface area is 168 Å². The maximum Gasteiger partial charge on any atom is 0.261 e. The number of ketones is 1. The summed E-state index contributed by atoms with van der Waals surface area (Å²) in [6.07, 6.45) is 3.29. The van der Waals surface area contributed by atoms with Crippen molar-refractivity contribution in [3.8, 4) is 0 Å². The van der Waals surface area contributed by atoms with Crippen LogP contribution in [0.25, 0.3) is 0 Å². The summed E-state index contributed by atoms with van der Waals surface area (Å²) in [5.41, 5.74) is 0. The highest BCUT2D eigenvalue weighted by Gasteiger charge is 2.79. The number of aliphatic hydroxyl groups is 3. The molecule has 5 heterocycles. The standard InChI is InChI=1S/C18H18N2O6S2/c21-9-1-3-11(23)13-7(9)5-17-15(25)20-14-8(10(22)2-4-12(14)24)6-18(20,28-27-17)16(26)19(13)17/h1-4,7-9,11-14,21,23-24H,5-6H2/t7?,8?,9-,11-,12-,13?,14?,17?,18?/m0/s1. The van der Waals surface area contributed by atoms with Crippen molar-refractivity contribution in [3.05, 3.63) is 24.3 Å². The molecule has 7 rings (SSSR count). The van der Waals surface area contributed by atoms with E-state index in [2.05, 4.69) is 0 Å². The Morgan fingerprint density at radius 3 is 2.11 bits per heavy atom. The number of hydrogen-bond donors (Lipinski definition) is 3. The number of fused-ring (bicyclic) bond motifs is 3. The van der Waals surface area contributed by atoms with Gasteiger partial charge in [0.25, 0.3) is 11.8 Å². The van der Waals surface area contributed by atoms with Crippen LogP contribution in [0.3, 0.4) is 0 Å². The van der Waals surface area contributed by atoms with Crippen LogP contribution in [0.1, 0.15) is 12.8 Å². The summed E-state index contributed by atoms with van der Waals surface area (Å²) in [4.78, 5) is 40.4. The lowest BCUT2D eigenvalue weighted by Crippen LogP contribution is -2.77. The van der Waals surface area contributed by atoms with Gasteiger partial charge in [0.05, 0.1) is 30.4 Å². The average Bonchev–Trinajstić information content (AvgIpc) is 3.22. The number of carbonyl (C=O) groups excluding carboxylic acids is 3. The topological polar surface area (TPSA) is 118 Å². The van der Waals surface area contributed by atoms with Crippen LogP contribution >= 0.6 is 21.6 Å². The fourth-order valence-corrected chi connectivity index (χ4v) is 9.76. The molecule has 5 fully saturated rings. The molecule has 5 aliphatic heterocycles. The van der Waals surface area contributed by atoms with E-state index in [4.69, 9.17) is 0 Å². The van der Waals surface area contributed by atoms with Crippen LogP contribution in [0, 0.1) is 11.8 Å². The average molecular weight is 422 g/mol. The zero-order chi connectivity index (χ0) is 19.6. The van der Waals surface area contributed by atoms with E-state index in [1.807, 2.05) is 0 Å². The van der Waals surface area contributed by atoms with Gasteiger partial charge >= 0.3 is 0 Å². The van der Waals surface area contributed by atoms with E-state index in [1.54, 1.807) is 0 Å². The molecule has 2 amide bonds. The first-order valence-corrected chi connectivity index (χ1v) is 11.5. The number of rotatable bonds is 0. The van der Waals surface area contributed by atoms with Crippen LogP contribution in [-0.4, -0.2) is 82.9 Å². The van der Waals surface area contributed by atoms with Crippen molar-refractivity contribution >= 4 is 39.2 Å². The molecule has 7 aliphatic rings. The van der Waals surface area contributed by atoms with Gasteiger partial charge in [-0.3, -0.25) is 14.4 Å². The zero-order valence-electron chi connectivity index (χ0n) is 14.5. The van der Waals surface area contributed by atoms with Crippen molar-refractivity contribution in [2.45, 2.75) is 53.0 Å². The predicted octanol–water partition coefficient (Wildman–Crippen LogP) is -0.987. The van der Waals surface area contributed by atoms with Crippen LogP contribution < -0.4 is 0 Å². The molecular formula is C18H18N2O6S2. The highest BCUT2D eigenvalue weighted by atomic mass is 33.1. The molecule has 0 aromatic rings. The number of allylic oxidation sites excluding steroid dienone is 1. The molecule has 2 spiro atoms. The Hall–Kier alpha value is -1.33. The molecule has 2 aliphatic carbocycles. The largest absolute Gasteiger partial charge is 0.389 e. The van der Waals surface area contributed by atoms with Crippen molar-refractivity contribution in [2.24, 2.45) is 11.8 Å². The zero-order valence-corrected chi connectivity index (χ0v) is 16.2. The normalized spacial score (nSPS) is 53.4. The van der Waals surface area contributed by atoms with Crippen LogP contribution in [0.15, 0.2) is 24.3 Å². The molecule has 0 saturated carbocycles. The first-order valence-electron chi connectivity index (χ1n) is 9.31. The maximum absolute atomic E-state index is 13.7. The van der Waals surface area contributed by atoms with Crippen molar-refractivity contribution in [1.82, 2.24) is 9.80 Å². The van der Waals surface area contributed by atoms with Gasteiger partial charge in [-0.15, -0.1) is 0 Å². The van der Waals surface area contributed by atoms with E-state index in [0.717, 1.165) is 0 Å². The lowest BCUT2D eigenvalue weighted by Gasteiger charge is -2.59. The Bertz CT molecular complexity index is 891. The third-order valence-electron chi connectivity index (χ3n) is 7.12. The van der Waals surface area contributed by atoms with E-state index < -0.39 is 52.0 Å². The molecule has 6 unspecified atom stereocenters. The van der Waals surface area contributed by atoms with Crippen molar-refractivity contribution in [1.29, 1.82) is 0 Å².